The molecule has 3 rings (SSSR count). The van der Waals surface area contributed by atoms with Crippen LogP contribution in [0.25, 0.3) is 0 Å². The van der Waals surface area contributed by atoms with Gasteiger partial charge < -0.3 is 10.2 Å². The van der Waals surface area contributed by atoms with Gasteiger partial charge in [0.2, 0.25) is 0 Å². The number of halogens is 1. The Morgan fingerprint density at radius 3 is 3.10 bits per heavy atom. The second-order valence-corrected chi connectivity index (χ2v) is 7.40. The van der Waals surface area contributed by atoms with E-state index in [0.717, 1.165) is 17.5 Å². The largest absolute Gasteiger partial charge is 0.310 e. The van der Waals surface area contributed by atoms with E-state index in [4.69, 9.17) is 11.6 Å². The maximum Gasteiger partial charge on any atom is 0.0410 e. The number of likely N-dealkylation sites (tertiary alicyclic amines) is 1. The minimum atomic E-state index is 0.487. The van der Waals surface area contributed by atoms with Crippen LogP contribution in [0.5, 0.6) is 0 Å². The molecule has 0 radical (unpaired) electrons. The minimum absolute atomic E-state index is 0.487. The zero-order valence-corrected chi connectivity index (χ0v) is 13.6. The van der Waals surface area contributed by atoms with Gasteiger partial charge in [0.15, 0.2) is 0 Å². The first-order valence-electron chi connectivity index (χ1n) is 7.64. The predicted molar refractivity (Wildman–Crippen MR) is 87.8 cm³/mol. The van der Waals surface area contributed by atoms with Gasteiger partial charge in [-0.2, -0.15) is 0 Å². The number of benzene rings is 1. The van der Waals surface area contributed by atoms with Crippen molar-refractivity contribution < 1.29 is 0 Å². The highest BCUT2D eigenvalue weighted by Crippen LogP contribution is 2.37. The average molecular weight is 311 g/mol. The van der Waals surface area contributed by atoms with Crippen molar-refractivity contribution in [3.63, 3.8) is 0 Å². The number of fused-ring (bicyclic) bond motifs is 1. The summed E-state index contributed by atoms with van der Waals surface area (Å²) >= 11 is 8.12. The molecular formula is C16H23ClN2S. The van der Waals surface area contributed by atoms with E-state index in [1.54, 1.807) is 0 Å². The van der Waals surface area contributed by atoms with Gasteiger partial charge >= 0.3 is 0 Å². The van der Waals surface area contributed by atoms with E-state index in [0.29, 0.717) is 6.04 Å². The first-order valence-corrected chi connectivity index (χ1v) is 9.00. The number of thioether (sulfide) groups is 1. The van der Waals surface area contributed by atoms with Gasteiger partial charge in [0, 0.05) is 22.5 Å². The molecule has 0 bridgehead atoms. The van der Waals surface area contributed by atoms with Gasteiger partial charge in [-0.15, -0.1) is 11.8 Å². The highest BCUT2D eigenvalue weighted by Gasteiger charge is 2.24. The van der Waals surface area contributed by atoms with E-state index < -0.39 is 0 Å². The third-order valence-electron chi connectivity index (χ3n) is 4.48. The summed E-state index contributed by atoms with van der Waals surface area (Å²) in [6.07, 6.45) is 2.55. The minimum Gasteiger partial charge on any atom is -0.310 e. The highest BCUT2D eigenvalue weighted by molar-refractivity contribution is 7.99. The van der Waals surface area contributed by atoms with Gasteiger partial charge in [0.1, 0.15) is 0 Å². The lowest BCUT2D eigenvalue weighted by Crippen LogP contribution is -2.31. The summed E-state index contributed by atoms with van der Waals surface area (Å²) in [5.74, 6) is 2.02. The Morgan fingerprint density at radius 1 is 1.40 bits per heavy atom. The molecule has 1 fully saturated rings. The maximum atomic E-state index is 6.16. The Balaban J connectivity index is 1.60. The number of hydrogen-bond acceptors (Lipinski definition) is 3. The summed E-state index contributed by atoms with van der Waals surface area (Å²) in [7, 11) is 0. The Hall–Kier alpha value is -0.220. The topological polar surface area (TPSA) is 15.3 Å². The third kappa shape index (κ3) is 3.33. The molecule has 2 nitrogen and oxygen atoms in total. The molecule has 110 valence electrons. The monoisotopic (exact) mass is 310 g/mol. The quantitative estimate of drug-likeness (QED) is 0.910. The molecule has 2 aliphatic heterocycles. The average Bonchev–Trinajstić information content (AvgIpc) is 2.93. The van der Waals surface area contributed by atoms with Gasteiger partial charge in [0.05, 0.1) is 0 Å². The smallest absolute Gasteiger partial charge is 0.0410 e. The third-order valence-corrected chi connectivity index (χ3v) is 5.84. The van der Waals surface area contributed by atoms with E-state index in [1.807, 2.05) is 17.8 Å². The summed E-state index contributed by atoms with van der Waals surface area (Å²) < 4.78 is 0. The normalized spacial score (nSPS) is 26.7. The Labute approximate surface area is 131 Å². The molecule has 2 heterocycles. The SMILES string of the molecule is CCN1CCC(CNC2CCSc3ccc(Cl)cc32)C1. The van der Waals surface area contributed by atoms with Crippen molar-refractivity contribution in [3.05, 3.63) is 28.8 Å². The summed E-state index contributed by atoms with van der Waals surface area (Å²) in [5.41, 5.74) is 1.40. The second-order valence-electron chi connectivity index (χ2n) is 5.83. The highest BCUT2D eigenvalue weighted by atomic mass is 35.5. The number of nitrogens with zero attached hydrogens (tertiary/aromatic N) is 1. The number of rotatable bonds is 4. The van der Waals surface area contributed by atoms with Crippen molar-refractivity contribution in [3.8, 4) is 0 Å². The molecule has 4 heteroatoms. The lowest BCUT2D eigenvalue weighted by molar-refractivity contribution is 0.334. The molecule has 2 unspecified atom stereocenters. The van der Waals surface area contributed by atoms with E-state index in [1.165, 1.54) is 48.7 Å². The molecule has 20 heavy (non-hydrogen) atoms. The van der Waals surface area contributed by atoms with Gasteiger partial charge in [-0.05, 0) is 67.9 Å². The fourth-order valence-electron chi connectivity index (χ4n) is 3.25. The lowest BCUT2D eigenvalue weighted by Gasteiger charge is -2.27. The van der Waals surface area contributed by atoms with Crippen LogP contribution in [-0.4, -0.2) is 36.8 Å². The van der Waals surface area contributed by atoms with Crippen LogP contribution in [-0.2, 0) is 0 Å². The fourth-order valence-corrected chi connectivity index (χ4v) is 4.54. The van der Waals surface area contributed by atoms with Crippen LogP contribution >= 0.6 is 23.4 Å². The Bertz CT molecular complexity index is 466. The molecule has 2 atom stereocenters. The van der Waals surface area contributed by atoms with E-state index >= 15 is 0 Å². The van der Waals surface area contributed by atoms with Crippen molar-refractivity contribution in [1.82, 2.24) is 10.2 Å². The summed E-state index contributed by atoms with van der Waals surface area (Å²) in [4.78, 5) is 3.95. The Kier molecular flexibility index (Phi) is 4.92. The van der Waals surface area contributed by atoms with E-state index in [-0.39, 0.29) is 0 Å². The lowest BCUT2D eigenvalue weighted by atomic mass is 10.0. The molecule has 2 aliphatic rings. The first kappa shape index (κ1) is 14.7. The van der Waals surface area contributed by atoms with E-state index in [9.17, 15) is 0 Å². The van der Waals surface area contributed by atoms with Crippen molar-refractivity contribution >= 4 is 23.4 Å². The summed E-state index contributed by atoms with van der Waals surface area (Å²) in [6.45, 7) is 7.11. The van der Waals surface area contributed by atoms with Crippen LogP contribution in [0.15, 0.2) is 23.1 Å². The van der Waals surface area contributed by atoms with Gasteiger partial charge in [-0.1, -0.05) is 18.5 Å². The molecule has 0 spiro atoms. The summed E-state index contributed by atoms with van der Waals surface area (Å²) in [6, 6.07) is 6.81. The molecule has 1 aromatic carbocycles. The summed E-state index contributed by atoms with van der Waals surface area (Å²) in [5, 5.41) is 4.65. The molecule has 1 aromatic rings. The maximum absolute atomic E-state index is 6.16. The van der Waals surface area contributed by atoms with Crippen LogP contribution in [0.1, 0.15) is 31.4 Å². The zero-order valence-electron chi connectivity index (χ0n) is 12.1. The van der Waals surface area contributed by atoms with Gasteiger partial charge in [-0.25, -0.2) is 0 Å². The predicted octanol–water partition coefficient (Wildman–Crippen LogP) is 3.81. The standard InChI is InChI=1S/C16H23ClN2S/c1-2-19-7-5-12(11-19)10-18-15-6-8-20-16-4-3-13(17)9-14(15)16/h3-4,9,12,15,18H,2,5-8,10-11H2,1H3. The van der Waals surface area contributed by atoms with E-state index in [2.05, 4.69) is 29.3 Å². The molecule has 1 saturated heterocycles. The first-order chi connectivity index (χ1) is 9.76. The molecule has 0 aliphatic carbocycles. The van der Waals surface area contributed by atoms with Gasteiger partial charge in [0.25, 0.3) is 0 Å². The molecule has 0 aromatic heterocycles. The van der Waals surface area contributed by atoms with Gasteiger partial charge in [-0.3, -0.25) is 0 Å². The van der Waals surface area contributed by atoms with Crippen LogP contribution in [0.4, 0.5) is 0 Å². The van der Waals surface area contributed by atoms with Crippen molar-refractivity contribution in [2.75, 3.05) is 31.9 Å². The molecular weight excluding hydrogens is 288 g/mol. The van der Waals surface area contributed by atoms with Crippen molar-refractivity contribution in [2.24, 2.45) is 5.92 Å². The second kappa shape index (κ2) is 6.69. The number of nitrogens with one attached hydrogen (secondary N) is 1. The van der Waals surface area contributed by atoms with Crippen LogP contribution in [0, 0.1) is 5.92 Å². The molecule has 1 N–H and O–H groups in total. The van der Waals surface area contributed by atoms with Crippen LogP contribution in [0.2, 0.25) is 5.02 Å². The van der Waals surface area contributed by atoms with Crippen LogP contribution in [0.3, 0.4) is 0 Å². The zero-order chi connectivity index (χ0) is 13.9. The van der Waals surface area contributed by atoms with Crippen LogP contribution < -0.4 is 5.32 Å². The fraction of sp³-hybridized carbons (Fsp3) is 0.625. The molecule has 0 saturated carbocycles. The van der Waals surface area contributed by atoms with Crippen molar-refractivity contribution in [1.29, 1.82) is 0 Å². The number of hydrogen-bond donors (Lipinski definition) is 1. The molecule has 0 amide bonds. The van der Waals surface area contributed by atoms with Crippen molar-refractivity contribution in [2.45, 2.75) is 30.7 Å². The Morgan fingerprint density at radius 2 is 2.30 bits per heavy atom.